The van der Waals surface area contributed by atoms with E-state index in [1.807, 2.05) is 54.6 Å². The van der Waals surface area contributed by atoms with Crippen LogP contribution in [0.3, 0.4) is 0 Å². The Morgan fingerprint density at radius 2 is 1.21 bits per heavy atom. The number of carbonyl (C=O) groups excluding carboxylic acids is 2. The number of quaternary nitrogens is 2. The van der Waals surface area contributed by atoms with Gasteiger partial charge in [0.15, 0.2) is 0 Å². The lowest BCUT2D eigenvalue weighted by Crippen LogP contribution is -3.00. The number of ether oxygens (including phenoxy) is 4. The minimum absolute atomic E-state index is 0. The molecule has 8 nitrogen and oxygen atoms in total. The average molecular weight is 883 g/mol. The lowest BCUT2D eigenvalue weighted by Gasteiger charge is -2.48. The fourth-order valence-electron chi connectivity index (χ4n) is 11.2. The van der Waals surface area contributed by atoms with E-state index in [4.69, 9.17) is 18.9 Å². The molecule has 2 aromatic carbocycles. The van der Waals surface area contributed by atoms with Crippen molar-refractivity contribution < 1.29 is 85.5 Å². The van der Waals surface area contributed by atoms with Gasteiger partial charge in [-0.05, 0) is 43.4 Å². The topological polar surface area (TPSA) is 77.7 Å². The molecule has 7 aliphatic rings. The van der Waals surface area contributed by atoms with Crippen molar-refractivity contribution in [2.24, 2.45) is 0 Å². The van der Waals surface area contributed by atoms with Crippen molar-refractivity contribution in [2.45, 2.75) is 124 Å². The monoisotopic (exact) mass is 882 g/mol. The number of rotatable bonds is 7. The second-order valence-corrected chi connectivity index (χ2v) is 15.7. The summed E-state index contributed by atoms with van der Waals surface area (Å²) >= 11 is 0. The summed E-state index contributed by atoms with van der Waals surface area (Å²) in [6.07, 6.45) is 5.45. The minimum Gasteiger partial charge on any atom is -1.00 e. The maximum atomic E-state index is 14.7. The van der Waals surface area contributed by atoms with Gasteiger partial charge in [0, 0.05) is 25.7 Å². The summed E-state index contributed by atoms with van der Waals surface area (Å²) in [5.74, 6) is -0.756. The highest BCUT2D eigenvalue weighted by molar-refractivity contribution is 5.91. The van der Waals surface area contributed by atoms with E-state index in [0.29, 0.717) is 61.4 Å². The molecule has 8 unspecified atom stereocenters. The third-order valence-electron chi connectivity index (χ3n) is 14.1. The van der Waals surface area contributed by atoms with E-state index < -0.39 is 11.3 Å². The maximum Gasteiger partial charge on any atom is 0.321 e. The molecule has 0 radical (unpaired) electrons. The number of fused-ring (bicyclic) bond motifs is 11. The first-order valence-corrected chi connectivity index (χ1v) is 17.8. The van der Waals surface area contributed by atoms with Crippen molar-refractivity contribution in [3.63, 3.8) is 0 Å². The van der Waals surface area contributed by atoms with Crippen LogP contribution in [0.25, 0.3) is 0 Å². The Bertz CT molecular complexity index is 1540. The predicted octanol–water partition coefficient (Wildman–Crippen LogP) is -1.76. The first kappa shape index (κ1) is 35.1. The molecule has 6 aliphatic heterocycles. The summed E-state index contributed by atoms with van der Waals surface area (Å²) in [5.41, 5.74) is 1.73. The van der Waals surface area contributed by atoms with Crippen LogP contribution in [0.15, 0.2) is 54.6 Å². The highest BCUT2D eigenvalue weighted by atomic mass is 127. The van der Waals surface area contributed by atoms with E-state index in [0.717, 1.165) is 64.4 Å². The molecule has 10 heteroatoms. The molecule has 0 amide bonds. The second kappa shape index (κ2) is 12.4. The molecule has 260 valence electrons. The van der Waals surface area contributed by atoms with Gasteiger partial charge in [0.05, 0.1) is 33.1 Å². The molecule has 1 aliphatic carbocycles. The van der Waals surface area contributed by atoms with Crippen LogP contribution in [0.4, 0.5) is 0 Å². The first-order valence-electron chi connectivity index (χ1n) is 17.8. The highest BCUT2D eigenvalue weighted by Gasteiger charge is 2.73. The number of epoxide rings is 2. The van der Waals surface area contributed by atoms with Crippen LogP contribution in [-0.2, 0) is 34.0 Å². The number of piperidine rings is 2. The molecular weight excluding hydrogens is 834 g/mol. The Hall–Kier alpha value is -1.32. The van der Waals surface area contributed by atoms with Gasteiger partial charge in [-0.2, -0.15) is 0 Å². The minimum atomic E-state index is -0.976. The molecule has 6 fully saturated rings. The number of benzene rings is 2. The van der Waals surface area contributed by atoms with E-state index in [1.54, 1.807) is 0 Å². The summed E-state index contributed by atoms with van der Waals surface area (Å²) in [4.78, 5) is 28.8. The van der Waals surface area contributed by atoms with Crippen molar-refractivity contribution in [1.82, 2.24) is 0 Å². The molecule has 0 spiro atoms. The molecular formula is C38H48I2N2O6. The van der Waals surface area contributed by atoms with Crippen LogP contribution < -0.4 is 48.0 Å². The summed E-state index contributed by atoms with van der Waals surface area (Å²) in [6, 6.07) is 19.6. The van der Waals surface area contributed by atoms with E-state index >= 15 is 0 Å². The zero-order chi connectivity index (χ0) is 31.6. The third-order valence-corrected chi connectivity index (χ3v) is 14.1. The van der Waals surface area contributed by atoms with Crippen molar-refractivity contribution >= 4 is 11.9 Å². The summed E-state index contributed by atoms with van der Waals surface area (Å²) < 4.78 is 27.1. The van der Waals surface area contributed by atoms with Gasteiger partial charge in [-0.3, -0.25) is 9.59 Å². The number of morpholine rings is 2. The molecule has 4 bridgehead atoms. The molecule has 9 rings (SSSR count). The molecule has 14 atom stereocenters. The van der Waals surface area contributed by atoms with Crippen LogP contribution in [0.2, 0.25) is 0 Å². The Labute approximate surface area is 318 Å². The van der Waals surface area contributed by atoms with Crippen LogP contribution in [-0.4, -0.2) is 109 Å². The highest BCUT2D eigenvalue weighted by Crippen LogP contribution is 2.55. The summed E-state index contributed by atoms with van der Waals surface area (Å²) in [5, 5.41) is 0. The average Bonchev–Trinajstić information content (AvgIpc) is 3.99. The van der Waals surface area contributed by atoms with Crippen molar-refractivity contribution in [3.05, 3.63) is 71.3 Å². The van der Waals surface area contributed by atoms with Crippen LogP contribution in [0.1, 0.15) is 75.0 Å². The molecule has 6 saturated heterocycles. The first-order chi connectivity index (χ1) is 22.2. The Morgan fingerprint density at radius 1 is 0.729 bits per heavy atom. The molecule has 0 aromatic heterocycles. The van der Waals surface area contributed by atoms with Crippen LogP contribution in [0.5, 0.6) is 0 Å². The van der Waals surface area contributed by atoms with Gasteiger partial charge in [0.1, 0.15) is 66.2 Å². The summed E-state index contributed by atoms with van der Waals surface area (Å²) in [6.45, 7) is 6.67. The number of hydrogen-bond donors (Lipinski definition) is 0. The van der Waals surface area contributed by atoms with Gasteiger partial charge in [-0.1, -0.05) is 54.6 Å². The van der Waals surface area contributed by atoms with E-state index in [1.165, 1.54) is 0 Å². The van der Waals surface area contributed by atoms with Crippen LogP contribution in [0, 0.1) is 0 Å². The fourth-order valence-corrected chi connectivity index (χ4v) is 11.2. The smallest absolute Gasteiger partial charge is 0.321 e. The molecule has 0 N–H and O–H groups in total. The van der Waals surface area contributed by atoms with Crippen molar-refractivity contribution in [1.29, 1.82) is 0 Å². The molecule has 2 aromatic rings. The number of likely N-dealkylation sites (N-methyl/N-ethyl adjacent to an activating group) is 2. The molecule has 48 heavy (non-hydrogen) atoms. The van der Waals surface area contributed by atoms with Crippen LogP contribution >= 0.6 is 0 Å². The maximum absolute atomic E-state index is 14.7. The predicted molar refractivity (Wildman–Crippen MR) is 170 cm³/mol. The Balaban J connectivity index is 0.00000182. The number of esters is 2. The largest absolute Gasteiger partial charge is 1.00 e. The SMILES string of the molecule is CC[N+]1(C)[C@@H]2CC(OC(=O)[C@@H]3CC[C@@](C(=O)OC4C[C@@H]5C6OC6[C@H](C4)[N+]5(C)CC)(c4ccccc4)c4ccccc43)C[C@H]1C1OC12.[I-].[I-]. The lowest BCUT2D eigenvalue weighted by molar-refractivity contribution is -0.954. The van der Waals surface area contributed by atoms with E-state index in [2.05, 4.69) is 27.9 Å². The van der Waals surface area contributed by atoms with Gasteiger partial charge >= 0.3 is 11.9 Å². The quantitative estimate of drug-likeness (QED) is 0.142. The van der Waals surface area contributed by atoms with Crippen molar-refractivity contribution in [3.8, 4) is 0 Å². The van der Waals surface area contributed by atoms with Gasteiger partial charge in [-0.15, -0.1) is 0 Å². The van der Waals surface area contributed by atoms with E-state index in [9.17, 15) is 9.59 Å². The molecule has 0 saturated carbocycles. The number of nitrogens with zero attached hydrogens (tertiary/aromatic N) is 2. The fraction of sp³-hybridized carbons (Fsp3) is 0.632. The van der Waals surface area contributed by atoms with Gasteiger partial charge in [-0.25, -0.2) is 0 Å². The normalized spacial score (nSPS) is 45.3. The zero-order valence-corrected chi connectivity index (χ0v) is 32.6. The standard InChI is InChI=1S/C38H48N2O6.2HI/c1-5-39(3)28-18-23(19-29(39)33-32(28)45-33)43-36(41)26-16-17-38(22-12-8-7-9-13-22,27-15-11-10-14-25(26)27)37(42)44-24-20-30-34-35(46-34)31(21-24)40(30,4)6-2;;/h7-15,23-24,26,28-35H,5-6,16-21H2,1-4H3;2*1H/q+2;;/p-2/t23?,24?,26-,28-,29+,30-,31+,32?,33?,34?,35?,38-,39?,40?;;/m1../s1. The Morgan fingerprint density at radius 3 is 1.73 bits per heavy atom. The Kier molecular flexibility index (Phi) is 9.08. The van der Waals surface area contributed by atoms with Crippen molar-refractivity contribution in [2.75, 3.05) is 27.2 Å². The number of hydrogen-bond acceptors (Lipinski definition) is 6. The lowest BCUT2D eigenvalue weighted by atomic mass is 9.63. The van der Waals surface area contributed by atoms with Gasteiger partial charge in [0.2, 0.25) is 0 Å². The summed E-state index contributed by atoms with van der Waals surface area (Å²) in [7, 11) is 4.69. The zero-order valence-electron chi connectivity index (χ0n) is 28.3. The number of carbonyl (C=O) groups is 2. The van der Waals surface area contributed by atoms with Gasteiger partial charge in [0.25, 0.3) is 0 Å². The third kappa shape index (κ3) is 4.92. The van der Waals surface area contributed by atoms with Gasteiger partial charge < -0.3 is 75.9 Å². The second-order valence-electron chi connectivity index (χ2n) is 15.7. The molecule has 6 heterocycles. The van der Waals surface area contributed by atoms with E-state index in [-0.39, 0.29) is 72.1 Å². The number of halogens is 2.